The van der Waals surface area contributed by atoms with E-state index >= 15 is 0 Å². The smallest absolute Gasteiger partial charge is 0.0992 e. The number of rotatable bonds is 5. The molecule has 21 heavy (non-hydrogen) atoms. The van der Waals surface area contributed by atoms with E-state index < -0.39 is 0 Å². The number of hydrogen-bond acceptors (Lipinski definition) is 3. The van der Waals surface area contributed by atoms with Gasteiger partial charge in [-0.15, -0.1) is 0 Å². The molecule has 108 valence electrons. The molecule has 0 bridgehead atoms. The van der Waals surface area contributed by atoms with Crippen LogP contribution in [0, 0.1) is 0 Å². The largest absolute Gasteiger partial charge is 0.378 e. The Morgan fingerprint density at radius 1 is 1.24 bits per heavy atom. The number of benzene rings is 1. The van der Waals surface area contributed by atoms with E-state index in [1.54, 1.807) is 12.5 Å². The maximum absolute atomic E-state index is 6.33. The molecule has 0 aliphatic rings. The second-order valence-electron chi connectivity index (χ2n) is 4.60. The van der Waals surface area contributed by atoms with E-state index in [2.05, 4.69) is 22.3 Å². The Labute approximate surface area is 128 Å². The Balaban J connectivity index is 1.88. The van der Waals surface area contributed by atoms with Crippen LogP contribution in [0.1, 0.15) is 12.6 Å². The highest BCUT2D eigenvalue weighted by atomic mass is 35.5. The lowest BCUT2D eigenvalue weighted by Crippen LogP contribution is -2.09. The maximum Gasteiger partial charge on any atom is 0.0992 e. The summed E-state index contributed by atoms with van der Waals surface area (Å²) in [5.41, 5.74) is 3.00. The van der Waals surface area contributed by atoms with Crippen LogP contribution in [0.3, 0.4) is 0 Å². The van der Waals surface area contributed by atoms with Crippen molar-refractivity contribution < 1.29 is 0 Å². The molecule has 0 aliphatic heterocycles. The van der Waals surface area contributed by atoms with E-state index in [1.165, 1.54) is 0 Å². The Morgan fingerprint density at radius 3 is 2.90 bits per heavy atom. The summed E-state index contributed by atoms with van der Waals surface area (Å²) in [7, 11) is 0. The molecule has 0 saturated heterocycles. The predicted molar refractivity (Wildman–Crippen MR) is 83.8 cm³/mol. The molecule has 0 aliphatic carbocycles. The van der Waals surface area contributed by atoms with Gasteiger partial charge in [-0.1, -0.05) is 17.7 Å². The SMILES string of the molecule is CCn1nccc1CNc1cccc(Cl)c1-n1ccnc1. The van der Waals surface area contributed by atoms with Crippen molar-refractivity contribution in [3.05, 3.63) is 59.9 Å². The van der Waals surface area contributed by atoms with E-state index in [0.29, 0.717) is 11.6 Å². The molecule has 1 aromatic carbocycles. The van der Waals surface area contributed by atoms with Crippen molar-refractivity contribution in [1.82, 2.24) is 19.3 Å². The fraction of sp³-hybridized carbons (Fsp3) is 0.200. The molecule has 1 N–H and O–H groups in total. The second kappa shape index (κ2) is 6.01. The van der Waals surface area contributed by atoms with Gasteiger partial charge in [-0.25, -0.2) is 4.98 Å². The third kappa shape index (κ3) is 2.78. The molecular formula is C15H16ClN5. The molecule has 0 spiro atoms. The zero-order valence-corrected chi connectivity index (χ0v) is 12.5. The van der Waals surface area contributed by atoms with Crippen LogP contribution in [0.5, 0.6) is 0 Å². The van der Waals surface area contributed by atoms with Crippen LogP contribution in [-0.4, -0.2) is 19.3 Å². The van der Waals surface area contributed by atoms with E-state index in [0.717, 1.165) is 23.6 Å². The maximum atomic E-state index is 6.33. The minimum Gasteiger partial charge on any atom is -0.378 e. The average Bonchev–Trinajstić information content (AvgIpc) is 3.16. The third-order valence-corrected chi connectivity index (χ3v) is 3.62. The first-order chi connectivity index (χ1) is 10.3. The van der Waals surface area contributed by atoms with Crippen LogP contribution in [0.2, 0.25) is 5.02 Å². The molecule has 6 heteroatoms. The number of aromatic nitrogens is 4. The van der Waals surface area contributed by atoms with Crippen molar-refractivity contribution in [2.24, 2.45) is 0 Å². The fourth-order valence-corrected chi connectivity index (χ4v) is 2.56. The predicted octanol–water partition coefficient (Wildman–Crippen LogP) is 3.35. The minimum atomic E-state index is 0.682. The molecule has 3 aromatic rings. The highest BCUT2D eigenvalue weighted by Crippen LogP contribution is 2.28. The normalized spacial score (nSPS) is 10.8. The van der Waals surface area contributed by atoms with E-state index in [4.69, 9.17) is 11.6 Å². The van der Waals surface area contributed by atoms with Crippen LogP contribution in [0.15, 0.2) is 49.2 Å². The lowest BCUT2D eigenvalue weighted by atomic mass is 10.2. The van der Waals surface area contributed by atoms with Crippen molar-refractivity contribution in [3.63, 3.8) is 0 Å². The standard InChI is InChI=1S/C15H16ClN5/c1-2-21-12(6-7-19-21)10-18-14-5-3-4-13(16)15(14)20-9-8-17-11-20/h3-9,11,18H,2,10H2,1H3. The van der Waals surface area contributed by atoms with E-state index in [-0.39, 0.29) is 0 Å². The fourth-order valence-electron chi connectivity index (χ4n) is 2.29. The Kier molecular flexibility index (Phi) is 3.92. The first-order valence-electron chi connectivity index (χ1n) is 6.81. The Bertz CT molecular complexity index is 718. The number of imidazole rings is 1. The van der Waals surface area contributed by atoms with Gasteiger partial charge in [0.2, 0.25) is 0 Å². The molecule has 0 atom stereocenters. The van der Waals surface area contributed by atoms with Gasteiger partial charge in [0.05, 0.1) is 35.0 Å². The number of anilines is 1. The summed E-state index contributed by atoms with van der Waals surface area (Å²) in [6.07, 6.45) is 7.17. The summed E-state index contributed by atoms with van der Waals surface area (Å²) in [5, 5.41) is 8.38. The molecule has 0 fully saturated rings. The van der Waals surface area contributed by atoms with Gasteiger partial charge in [-0.2, -0.15) is 5.10 Å². The summed E-state index contributed by atoms with van der Waals surface area (Å²) in [5.74, 6) is 0. The third-order valence-electron chi connectivity index (χ3n) is 3.31. The molecule has 3 rings (SSSR count). The summed E-state index contributed by atoms with van der Waals surface area (Å²) < 4.78 is 3.87. The highest BCUT2D eigenvalue weighted by Gasteiger charge is 2.09. The number of para-hydroxylation sites is 1. The van der Waals surface area contributed by atoms with Crippen LogP contribution < -0.4 is 5.32 Å². The first kappa shape index (κ1) is 13.7. The molecule has 0 saturated carbocycles. The number of nitrogens with zero attached hydrogens (tertiary/aromatic N) is 4. The zero-order chi connectivity index (χ0) is 14.7. The van der Waals surface area contributed by atoms with E-state index in [1.807, 2.05) is 45.9 Å². The molecule has 0 radical (unpaired) electrons. The van der Waals surface area contributed by atoms with Crippen molar-refractivity contribution in [1.29, 1.82) is 0 Å². The summed E-state index contributed by atoms with van der Waals surface area (Å²) in [6, 6.07) is 7.83. The molecule has 0 amide bonds. The van der Waals surface area contributed by atoms with Crippen molar-refractivity contribution in [3.8, 4) is 5.69 Å². The van der Waals surface area contributed by atoms with Gasteiger partial charge in [0.15, 0.2) is 0 Å². The lowest BCUT2D eigenvalue weighted by molar-refractivity contribution is 0.627. The molecular weight excluding hydrogens is 286 g/mol. The second-order valence-corrected chi connectivity index (χ2v) is 5.01. The summed E-state index contributed by atoms with van der Waals surface area (Å²) in [4.78, 5) is 4.08. The Morgan fingerprint density at radius 2 is 2.14 bits per heavy atom. The average molecular weight is 302 g/mol. The Hall–Kier alpha value is -2.27. The van der Waals surface area contributed by atoms with Crippen molar-refractivity contribution >= 4 is 17.3 Å². The van der Waals surface area contributed by atoms with Gasteiger partial charge < -0.3 is 9.88 Å². The van der Waals surface area contributed by atoms with Gasteiger partial charge in [0.1, 0.15) is 0 Å². The minimum absolute atomic E-state index is 0.682. The van der Waals surface area contributed by atoms with Crippen LogP contribution in [-0.2, 0) is 13.1 Å². The van der Waals surface area contributed by atoms with Crippen molar-refractivity contribution in [2.75, 3.05) is 5.32 Å². The monoisotopic (exact) mass is 301 g/mol. The first-order valence-corrected chi connectivity index (χ1v) is 7.18. The molecule has 0 unspecified atom stereocenters. The number of hydrogen-bond donors (Lipinski definition) is 1. The number of nitrogens with one attached hydrogen (secondary N) is 1. The molecule has 2 aromatic heterocycles. The van der Waals surface area contributed by atoms with Gasteiger partial charge in [0.25, 0.3) is 0 Å². The topological polar surface area (TPSA) is 47.7 Å². The number of aryl methyl sites for hydroxylation is 1. The highest BCUT2D eigenvalue weighted by molar-refractivity contribution is 6.33. The van der Waals surface area contributed by atoms with Gasteiger partial charge in [0, 0.05) is 25.1 Å². The quantitative estimate of drug-likeness (QED) is 0.786. The zero-order valence-electron chi connectivity index (χ0n) is 11.7. The van der Waals surface area contributed by atoms with E-state index in [9.17, 15) is 0 Å². The van der Waals surface area contributed by atoms with Gasteiger partial charge in [-0.05, 0) is 25.1 Å². The van der Waals surface area contributed by atoms with Crippen LogP contribution in [0.25, 0.3) is 5.69 Å². The summed E-state index contributed by atoms with van der Waals surface area (Å²) in [6.45, 7) is 3.62. The molecule has 5 nitrogen and oxygen atoms in total. The van der Waals surface area contributed by atoms with Crippen molar-refractivity contribution in [2.45, 2.75) is 20.0 Å². The van der Waals surface area contributed by atoms with Gasteiger partial charge >= 0.3 is 0 Å². The van der Waals surface area contributed by atoms with Gasteiger partial charge in [-0.3, -0.25) is 4.68 Å². The molecule has 2 heterocycles. The number of halogens is 1. The van der Waals surface area contributed by atoms with Crippen LogP contribution in [0.4, 0.5) is 5.69 Å². The van der Waals surface area contributed by atoms with Crippen LogP contribution >= 0.6 is 11.6 Å². The summed E-state index contributed by atoms with van der Waals surface area (Å²) >= 11 is 6.33. The lowest BCUT2D eigenvalue weighted by Gasteiger charge is -2.14.